The van der Waals surface area contributed by atoms with Crippen molar-refractivity contribution in [2.75, 3.05) is 17.7 Å². The normalized spacial score (nSPS) is 11.9. The molecule has 0 spiro atoms. The monoisotopic (exact) mass is 210 g/mol. The number of carbonyl (C=O) groups is 1. The predicted molar refractivity (Wildman–Crippen MR) is 56.2 cm³/mol. The van der Waals surface area contributed by atoms with Crippen molar-refractivity contribution in [1.82, 2.24) is 9.97 Å². The summed E-state index contributed by atoms with van der Waals surface area (Å²) in [5.74, 6) is 0.0982. The largest absolute Gasteiger partial charge is 0.464 e. The van der Waals surface area contributed by atoms with Crippen LogP contribution in [-0.2, 0) is 9.53 Å². The van der Waals surface area contributed by atoms with Gasteiger partial charge >= 0.3 is 5.97 Å². The highest BCUT2D eigenvalue weighted by Gasteiger charge is 2.14. The van der Waals surface area contributed by atoms with E-state index in [0.717, 1.165) is 0 Å². The van der Waals surface area contributed by atoms with Crippen LogP contribution in [0.15, 0.2) is 12.5 Å². The molecule has 0 amide bonds. The number of nitrogens with zero attached hydrogens (tertiary/aromatic N) is 2. The van der Waals surface area contributed by atoms with Crippen LogP contribution in [0.3, 0.4) is 0 Å². The first-order valence-electron chi connectivity index (χ1n) is 4.63. The molecule has 6 heteroatoms. The number of aromatic nitrogens is 2. The van der Waals surface area contributed by atoms with Crippen LogP contribution in [0.4, 0.5) is 11.5 Å². The molecule has 0 aliphatic carbocycles. The second-order valence-electron chi connectivity index (χ2n) is 2.94. The highest BCUT2D eigenvalue weighted by atomic mass is 16.5. The molecule has 0 radical (unpaired) electrons. The number of nitrogen functional groups attached to an aromatic ring is 1. The number of anilines is 2. The molecule has 0 aliphatic heterocycles. The summed E-state index contributed by atoms with van der Waals surface area (Å²) in [5.41, 5.74) is 6.00. The van der Waals surface area contributed by atoms with Crippen molar-refractivity contribution < 1.29 is 9.53 Å². The van der Waals surface area contributed by atoms with E-state index in [9.17, 15) is 4.79 Å². The molecular weight excluding hydrogens is 196 g/mol. The van der Waals surface area contributed by atoms with E-state index in [1.165, 1.54) is 12.5 Å². The molecule has 1 heterocycles. The average Bonchev–Trinajstić information content (AvgIpc) is 2.21. The fourth-order valence-corrected chi connectivity index (χ4v) is 0.992. The number of carbonyl (C=O) groups excluding carboxylic acids is 1. The van der Waals surface area contributed by atoms with Gasteiger partial charge in [0.2, 0.25) is 0 Å². The Morgan fingerprint density at radius 1 is 1.73 bits per heavy atom. The Kier molecular flexibility index (Phi) is 3.84. The molecule has 0 aliphatic rings. The molecule has 0 saturated carbocycles. The van der Waals surface area contributed by atoms with Gasteiger partial charge in [-0.05, 0) is 13.8 Å². The van der Waals surface area contributed by atoms with E-state index in [4.69, 9.17) is 10.5 Å². The number of rotatable bonds is 4. The summed E-state index contributed by atoms with van der Waals surface area (Å²) >= 11 is 0. The number of esters is 1. The van der Waals surface area contributed by atoms with E-state index in [-0.39, 0.29) is 5.97 Å². The predicted octanol–water partition coefficient (Wildman–Crippen LogP) is 0.422. The molecular formula is C9H14N4O2. The van der Waals surface area contributed by atoms with Gasteiger partial charge in [-0.3, -0.25) is 0 Å². The molecule has 6 nitrogen and oxygen atoms in total. The highest BCUT2D eigenvalue weighted by Crippen LogP contribution is 2.12. The molecule has 0 saturated heterocycles. The van der Waals surface area contributed by atoms with Crippen molar-refractivity contribution >= 4 is 17.5 Å². The van der Waals surface area contributed by atoms with Gasteiger partial charge in [0.1, 0.15) is 12.4 Å². The Bertz CT molecular complexity index is 343. The van der Waals surface area contributed by atoms with Gasteiger partial charge in [-0.25, -0.2) is 14.8 Å². The molecule has 3 N–H and O–H groups in total. The van der Waals surface area contributed by atoms with Crippen molar-refractivity contribution in [2.45, 2.75) is 19.9 Å². The zero-order valence-electron chi connectivity index (χ0n) is 8.73. The minimum atomic E-state index is -0.484. The average molecular weight is 210 g/mol. The molecule has 1 aromatic rings. The van der Waals surface area contributed by atoms with Crippen molar-refractivity contribution in [3.63, 3.8) is 0 Å². The molecule has 1 unspecified atom stereocenters. The van der Waals surface area contributed by atoms with Crippen LogP contribution in [0.25, 0.3) is 0 Å². The van der Waals surface area contributed by atoms with Gasteiger partial charge < -0.3 is 15.8 Å². The number of nitrogens with one attached hydrogen (secondary N) is 1. The third kappa shape index (κ3) is 3.08. The fraction of sp³-hybridized carbons (Fsp3) is 0.444. The lowest BCUT2D eigenvalue weighted by molar-refractivity contribution is -0.143. The molecule has 0 bridgehead atoms. The smallest absolute Gasteiger partial charge is 0.328 e. The maximum absolute atomic E-state index is 11.3. The molecule has 0 aromatic carbocycles. The second-order valence-corrected chi connectivity index (χ2v) is 2.94. The number of hydrogen-bond acceptors (Lipinski definition) is 6. The van der Waals surface area contributed by atoms with Gasteiger partial charge in [0, 0.05) is 0 Å². The SMILES string of the molecule is CCOC(=O)C(C)Nc1ncncc1N. The van der Waals surface area contributed by atoms with E-state index in [0.29, 0.717) is 18.1 Å². The molecule has 1 rings (SSSR count). The maximum atomic E-state index is 11.3. The van der Waals surface area contributed by atoms with E-state index < -0.39 is 6.04 Å². The third-order valence-electron chi connectivity index (χ3n) is 1.73. The lowest BCUT2D eigenvalue weighted by Crippen LogP contribution is -2.29. The standard InChI is InChI=1S/C9H14N4O2/c1-3-15-9(14)6(2)13-8-7(10)4-11-5-12-8/h4-6H,3,10H2,1-2H3,(H,11,12,13). The van der Waals surface area contributed by atoms with Crippen molar-refractivity contribution in [3.05, 3.63) is 12.5 Å². The van der Waals surface area contributed by atoms with Gasteiger partial charge in [0.15, 0.2) is 5.82 Å². The van der Waals surface area contributed by atoms with Crippen molar-refractivity contribution in [3.8, 4) is 0 Å². The van der Waals surface area contributed by atoms with Crippen LogP contribution in [0.2, 0.25) is 0 Å². The van der Waals surface area contributed by atoms with Crippen LogP contribution in [0.1, 0.15) is 13.8 Å². The van der Waals surface area contributed by atoms with Crippen molar-refractivity contribution in [1.29, 1.82) is 0 Å². The summed E-state index contributed by atoms with van der Waals surface area (Å²) in [6.07, 6.45) is 2.82. The molecule has 1 atom stereocenters. The number of ether oxygens (including phenoxy) is 1. The van der Waals surface area contributed by atoms with Gasteiger partial charge in [-0.1, -0.05) is 0 Å². The van der Waals surface area contributed by atoms with E-state index in [1.807, 2.05) is 0 Å². The Labute approximate surface area is 87.9 Å². The molecule has 15 heavy (non-hydrogen) atoms. The number of hydrogen-bond donors (Lipinski definition) is 2. The van der Waals surface area contributed by atoms with Gasteiger partial charge in [-0.15, -0.1) is 0 Å². The first-order chi connectivity index (χ1) is 7.15. The van der Waals surface area contributed by atoms with Crippen LogP contribution < -0.4 is 11.1 Å². The van der Waals surface area contributed by atoms with Crippen LogP contribution >= 0.6 is 0 Å². The van der Waals surface area contributed by atoms with Crippen LogP contribution in [0, 0.1) is 0 Å². The van der Waals surface area contributed by atoms with Crippen LogP contribution in [0.5, 0.6) is 0 Å². The Hall–Kier alpha value is -1.85. The maximum Gasteiger partial charge on any atom is 0.328 e. The quantitative estimate of drug-likeness (QED) is 0.700. The van der Waals surface area contributed by atoms with Gasteiger partial charge in [-0.2, -0.15) is 0 Å². The van der Waals surface area contributed by atoms with Crippen molar-refractivity contribution in [2.24, 2.45) is 0 Å². The summed E-state index contributed by atoms with van der Waals surface area (Å²) in [6, 6.07) is -0.484. The number of nitrogens with two attached hydrogens (primary N) is 1. The first-order valence-corrected chi connectivity index (χ1v) is 4.63. The van der Waals surface area contributed by atoms with E-state index >= 15 is 0 Å². The fourth-order valence-electron chi connectivity index (χ4n) is 0.992. The Morgan fingerprint density at radius 3 is 3.07 bits per heavy atom. The van der Waals surface area contributed by atoms with Gasteiger partial charge in [0.25, 0.3) is 0 Å². The lowest BCUT2D eigenvalue weighted by Gasteiger charge is -2.13. The second kappa shape index (κ2) is 5.14. The molecule has 0 fully saturated rings. The minimum Gasteiger partial charge on any atom is -0.464 e. The van der Waals surface area contributed by atoms with E-state index in [1.54, 1.807) is 13.8 Å². The molecule has 82 valence electrons. The molecule has 1 aromatic heterocycles. The third-order valence-corrected chi connectivity index (χ3v) is 1.73. The summed E-state index contributed by atoms with van der Waals surface area (Å²) in [4.78, 5) is 18.9. The Morgan fingerprint density at radius 2 is 2.47 bits per heavy atom. The summed E-state index contributed by atoms with van der Waals surface area (Å²) in [6.45, 7) is 3.79. The summed E-state index contributed by atoms with van der Waals surface area (Å²) in [7, 11) is 0. The van der Waals surface area contributed by atoms with E-state index in [2.05, 4.69) is 15.3 Å². The first kappa shape index (κ1) is 11.2. The Balaban J connectivity index is 2.62. The van der Waals surface area contributed by atoms with Gasteiger partial charge in [0.05, 0.1) is 18.5 Å². The zero-order valence-corrected chi connectivity index (χ0v) is 8.73. The lowest BCUT2D eigenvalue weighted by atomic mass is 10.3. The topological polar surface area (TPSA) is 90.1 Å². The highest BCUT2D eigenvalue weighted by molar-refractivity contribution is 5.79. The summed E-state index contributed by atoms with van der Waals surface area (Å²) in [5, 5.41) is 2.84. The van der Waals surface area contributed by atoms with Crippen LogP contribution in [-0.4, -0.2) is 28.6 Å². The summed E-state index contributed by atoms with van der Waals surface area (Å²) < 4.78 is 4.83. The zero-order chi connectivity index (χ0) is 11.3. The minimum absolute atomic E-state index is 0.337.